The summed E-state index contributed by atoms with van der Waals surface area (Å²) in [7, 11) is 0. The number of amides is 2. The van der Waals surface area contributed by atoms with Crippen LogP contribution in [-0.2, 0) is 9.59 Å². The molecule has 4 heteroatoms. The second kappa shape index (κ2) is 8.50. The van der Waals surface area contributed by atoms with E-state index in [-0.39, 0.29) is 23.8 Å². The lowest BCUT2D eigenvalue weighted by atomic mass is 9.95. The van der Waals surface area contributed by atoms with E-state index in [1.54, 1.807) is 0 Å². The molecule has 0 bridgehead atoms. The van der Waals surface area contributed by atoms with Crippen LogP contribution in [-0.4, -0.2) is 35.3 Å². The van der Waals surface area contributed by atoms with Crippen LogP contribution in [0.15, 0.2) is 30.3 Å². The maximum Gasteiger partial charge on any atom is 0.243 e. The Balaban J connectivity index is 1.56. The monoisotopic (exact) mass is 342 g/mol. The summed E-state index contributed by atoms with van der Waals surface area (Å²) < 4.78 is 0. The van der Waals surface area contributed by atoms with Gasteiger partial charge in [0.1, 0.15) is 6.04 Å². The van der Waals surface area contributed by atoms with Crippen LogP contribution in [0.2, 0.25) is 0 Å². The van der Waals surface area contributed by atoms with Gasteiger partial charge in [-0.25, -0.2) is 0 Å². The van der Waals surface area contributed by atoms with Crippen molar-refractivity contribution in [1.82, 2.24) is 10.2 Å². The van der Waals surface area contributed by atoms with Gasteiger partial charge in [-0.15, -0.1) is 0 Å². The number of likely N-dealkylation sites (tertiary alicyclic amines) is 1. The van der Waals surface area contributed by atoms with Gasteiger partial charge in [-0.2, -0.15) is 0 Å². The van der Waals surface area contributed by atoms with E-state index in [1.165, 1.54) is 24.8 Å². The summed E-state index contributed by atoms with van der Waals surface area (Å²) in [6.07, 6.45) is 8.03. The zero-order chi connectivity index (χ0) is 17.6. The standard InChI is InChI=1S/C21H30N2O2/c1-16(17-9-4-2-5-10-17)15-20(24)23-14-8-13-19(23)21(25)22-18-11-6-3-7-12-18/h2,4-5,9-10,16,18-19H,3,6-8,11-15H2,1H3,(H,22,25). The van der Waals surface area contributed by atoms with Crippen molar-refractivity contribution in [2.75, 3.05) is 6.54 Å². The van der Waals surface area contributed by atoms with Crippen LogP contribution in [0.25, 0.3) is 0 Å². The van der Waals surface area contributed by atoms with Crippen molar-refractivity contribution in [3.8, 4) is 0 Å². The molecule has 3 rings (SSSR count). The quantitative estimate of drug-likeness (QED) is 0.888. The third-order valence-electron chi connectivity index (χ3n) is 5.68. The molecule has 1 saturated heterocycles. The Morgan fingerprint density at radius 1 is 1.08 bits per heavy atom. The van der Waals surface area contributed by atoms with Crippen LogP contribution in [0.5, 0.6) is 0 Å². The van der Waals surface area contributed by atoms with Crippen molar-refractivity contribution in [2.45, 2.75) is 76.3 Å². The molecular formula is C21H30N2O2. The minimum Gasteiger partial charge on any atom is -0.352 e. The molecule has 2 aliphatic rings. The highest BCUT2D eigenvalue weighted by Gasteiger charge is 2.35. The van der Waals surface area contributed by atoms with Crippen LogP contribution in [0.4, 0.5) is 0 Å². The summed E-state index contributed by atoms with van der Waals surface area (Å²) >= 11 is 0. The number of hydrogen-bond acceptors (Lipinski definition) is 2. The summed E-state index contributed by atoms with van der Waals surface area (Å²) in [6.45, 7) is 2.80. The molecule has 1 aromatic carbocycles. The second-order valence-corrected chi connectivity index (χ2v) is 7.60. The Hall–Kier alpha value is -1.84. The number of hydrogen-bond donors (Lipinski definition) is 1. The largest absolute Gasteiger partial charge is 0.352 e. The van der Waals surface area contributed by atoms with Gasteiger partial charge in [0.05, 0.1) is 0 Å². The van der Waals surface area contributed by atoms with Gasteiger partial charge >= 0.3 is 0 Å². The lowest BCUT2D eigenvalue weighted by molar-refractivity contribution is -0.139. The van der Waals surface area contributed by atoms with E-state index in [4.69, 9.17) is 0 Å². The fourth-order valence-electron chi connectivity index (χ4n) is 4.16. The molecule has 0 aromatic heterocycles. The first-order chi connectivity index (χ1) is 12.1. The SMILES string of the molecule is CC(CC(=O)N1CCCC1C(=O)NC1CCCCC1)c1ccccc1. The molecule has 1 heterocycles. The molecule has 2 fully saturated rings. The summed E-state index contributed by atoms with van der Waals surface area (Å²) in [5, 5.41) is 3.20. The van der Waals surface area contributed by atoms with Crippen molar-refractivity contribution in [3.05, 3.63) is 35.9 Å². The molecule has 2 unspecified atom stereocenters. The van der Waals surface area contributed by atoms with Crippen LogP contribution in [0.1, 0.15) is 69.8 Å². The molecule has 2 atom stereocenters. The lowest BCUT2D eigenvalue weighted by Gasteiger charge is -2.29. The van der Waals surface area contributed by atoms with E-state index in [1.807, 2.05) is 23.1 Å². The van der Waals surface area contributed by atoms with E-state index < -0.39 is 0 Å². The molecular weight excluding hydrogens is 312 g/mol. The highest BCUT2D eigenvalue weighted by Crippen LogP contribution is 2.25. The Labute approximate surface area is 151 Å². The highest BCUT2D eigenvalue weighted by atomic mass is 16.2. The van der Waals surface area contributed by atoms with Crippen LogP contribution >= 0.6 is 0 Å². The molecule has 1 aliphatic carbocycles. The van der Waals surface area contributed by atoms with E-state index in [0.29, 0.717) is 19.0 Å². The van der Waals surface area contributed by atoms with Crippen LogP contribution in [0.3, 0.4) is 0 Å². The summed E-state index contributed by atoms with van der Waals surface area (Å²) in [5.41, 5.74) is 1.18. The predicted molar refractivity (Wildman–Crippen MR) is 99.2 cm³/mol. The number of nitrogens with zero attached hydrogens (tertiary/aromatic N) is 1. The van der Waals surface area contributed by atoms with Crippen LogP contribution < -0.4 is 5.32 Å². The number of rotatable bonds is 5. The molecule has 136 valence electrons. The number of carbonyl (C=O) groups is 2. The number of benzene rings is 1. The molecule has 4 nitrogen and oxygen atoms in total. The van der Waals surface area contributed by atoms with Gasteiger partial charge in [0.2, 0.25) is 11.8 Å². The molecule has 0 spiro atoms. The van der Waals surface area contributed by atoms with Gasteiger partial charge in [0, 0.05) is 19.0 Å². The Kier molecular flexibility index (Phi) is 6.11. The van der Waals surface area contributed by atoms with Crippen molar-refractivity contribution in [2.24, 2.45) is 0 Å². The van der Waals surface area contributed by atoms with E-state index >= 15 is 0 Å². The summed E-state index contributed by atoms with van der Waals surface area (Å²) in [5.74, 6) is 0.346. The van der Waals surface area contributed by atoms with Gasteiger partial charge < -0.3 is 10.2 Å². The predicted octanol–water partition coefficient (Wildman–Crippen LogP) is 3.62. The molecule has 1 aromatic rings. The number of carbonyl (C=O) groups excluding carboxylic acids is 2. The van der Waals surface area contributed by atoms with Gasteiger partial charge in [0.25, 0.3) is 0 Å². The molecule has 1 saturated carbocycles. The molecule has 1 aliphatic heterocycles. The van der Waals surface area contributed by atoms with Gasteiger partial charge in [-0.05, 0) is 37.2 Å². The Morgan fingerprint density at radius 2 is 1.80 bits per heavy atom. The van der Waals surface area contributed by atoms with E-state index in [0.717, 1.165) is 25.7 Å². The molecule has 1 N–H and O–H groups in total. The third-order valence-corrected chi connectivity index (χ3v) is 5.68. The normalized spacial score (nSPS) is 22.6. The molecule has 0 radical (unpaired) electrons. The van der Waals surface area contributed by atoms with E-state index in [2.05, 4.69) is 24.4 Å². The van der Waals surface area contributed by atoms with Crippen molar-refractivity contribution < 1.29 is 9.59 Å². The Morgan fingerprint density at radius 3 is 2.52 bits per heavy atom. The zero-order valence-corrected chi connectivity index (χ0v) is 15.2. The van der Waals surface area contributed by atoms with Crippen LogP contribution in [0, 0.1) is 0 Å². The number of nitrogens with one attached hydrogen (secondary N) is 1. The minimum atomic E-state index is -0.266. The van der Waals surface area contributed by atoms with Crippen molar-refractivity contribution in [1.29, 1.82) is 0 Å². The van der Waals surface area contributed by atoms with Gasteiger partial charge in [-0.3, -0.25) is 9.59 Å². The fraction of sp³-hybridized carbons (Fsp3) is 0.619. The van der Waals surface area contributed by atoms with E-state index in [9.17, 15) is 9.59 Å². The highest BCUT2D eigenvalue weighted by molar-refractivity contribution is 5.88. The average molecular weight is 342 g/mol. The average Bonchev–Trinajstić information content (AvgIpc) is 3.13. The smallest absolute Gasteiger partial charge is 0.243 e. The zero-order valence-electron chi connectivity index (χ0n) is 15.2. The first-order valence-electron chi connectivity index (χ1n) is 9.80. The van der Waals surface area contributed by atoms with Crippen molar-refractivity contribution >= 4 is 11.8 Å². The maximum atomic E-state index is 12.8. The summed E-state index contributed by atoms with van der Waals surface area (Å²) in [6, 6.07) is 10.2. The molecule has 25 heavy (non-hydrogen) atoms. The molecule has 2 amide bonds. The maximum absolute atomic E-state index is 12.8. The third kappa shape index (κ3) is 4.62. The summed E-state index contributed by atoms with van der Waals surface area (Å²) in [4.78, 5) is 27.3. The van der Waals surface area contributed by atoms with Gasteiger partial charge in [0.15, 0.2) is 0 Å². The Bertz CT molecular complexity index is 581. The topological polar surface area (TPSA) is 49.4 Å². The second-order valence-electron chi connectivity index (χ2n) is 7.60. The minimum absolute atomic E-state index is 0.0603. The van der Waals surface area contributed by atoms with Gasteiger partial charge in [-0.1, -0.05) is 56.5 Å². The fourth-order valence-corrected chi connectivity index (χ4v) is 4.16. The van der Waals surface area contributed by atoms with Crippen molar-refractivity contribution in [3.63, 3.8) is 0 Å². The lowest BCUT2D eigenvalue weighted by Crippen LogP contribution is -2.49. The first-order valence-corrected chi connectivity index (χ1v) is 9.80. The first kappa shape index (κ1) is 18.0.